The fourth-order valence-corrected chi connectivity index (χ4v) is 3.85. The molecule has 0 fully saturated rings. The van der Waals surface area contributed by atoms with E-state index in [9.17, 15) is 8.42 Å². The number of hydrogen-bond acceptors (Lipinski definition) is 5. The lowest BCUT2D eigenvalue weighted by Gasteiger charge is -2.29. The van der Waals surface area contributed by atoms with Gasteiger partial charge in [-0.1, -0.05) is 24.8 Å². The largest absolute Gasteiger partial charge is 0.439 e. The molecule has 0 bridgehead atoms. The lowest BCUT2D eigenvalue weighted by atomic mass is 10.0. The summed E-state index contributed by atoms with van der Waals surface area (Å²) in [6.07, 6.45) is 7.25. The van der Waals surface area contributed by atoms with Crippen molar-refractivity contribution < 1.29 is 13.2 Å². The van der Waals surface area contributed by atoms with Gasteiger partial charge < -0.3 is 9.64 Å². The minimum Gasteiger partial charge on any atom is -0.439 e. The molecule has 6 nitrogen and oxygen atoms in total. The minimum atomic E-state index is -3.42. The summed E-state index contributed by atoms with van der Waals surface area (Å²) in [7, 11) is -3.42. The Hall–Kier alpha value is -3.19. The quantitative estimate of drug-likeness (QED) is 0.813. The van der Waals surface area contributed by atoms with Crippen LogP contribution in [0.2, 0.25) is 0 Å². The van der Waals surface area contributed by atoms with Gasteiger partial charge in [-0.2, -0.15) is 0 Å². The summed E-state index contributed by atoms with van der Waals surface area (Å²) in [5.74, 6) is 1.60. The monoisotopic (exact) mass is 379 g/mol. The van der Waals surface area contributed by atoms with Crippen LogP contribution in [0, 0.1) is 0 Å². The van der Waals surface area contributed by atoms with Crippen LogP contribution in [0.25, 0.3) is 11.6 Å². The van der Waals surface area contributed by atoms with E-state index >= 15 is 0 Å². The summed E-state index contributed by atoms with van der Waals surface area (Å²) in [5, 5.41) is 0. The lowest BCUT2D eigenvalue weighted by molar-refractivity contribution is 0.462. The minimum absolute atomic E-state index is 0.0255. The summed E-state index contributed by atoms with van der Waals surface area (Å²) in [6.45, 7) is 4.10. The van der Waals surface area contributed by atoms with Crippen LogP contribution in [0.5, 0.6) is 11.6 Å². The van der Waals surface area contributed by atoms with Crippen LogP contribution in [-0.2, 0) is 10.0 Å². The van der Waals surface area contributed by atoms with E-state index in [4.69, 9.17) is 4.74 Å². The van der Waals surface area contributed by atoms with Crippen molar-refractivity contribution in [2.75, 3.05) is 12.3 Å². The third kappa shape index (κ3) is 3.68. The molecule has 4 rings (SSSR count). The van der Waals surface area contributed by atoms with Gasteiger partial charge in [0.05, 0.1) is 11.4 Å². The Morgan fingerprint density at radius 3 is 2.74 bits per heavy atom. The Balaban J connectivity index is 1.60. The SMILES string of the molecule is C=Cc1cccc(Oc2ccc(C3=CC=CN4CCS(=O)(=O)N=C34)cc2)n1. The summed E-state index contributed by atoms with van der Waals surface area (Å²) < 4.78 is 33.5. The lowest BCUT2D eigenvalue weighted by Crippen LogP contribution is -2.37. The van der Waals surface area contributed by atoms with Crippen LogP contribution in [0.1, 0.15) is 11.3 Å². The third-order valence-corrected chi connectivity index (χ3v) is 5.35. The van der Waals surface area contributed by atoms with Crippen molar-refractivity contribution in [2.45, 2.75) is 0 Å². The zero-order chi connectivity index (χ0) is 18.9. The molecule has 2 aliphatic rings. The second kappa shape index (κ2) is 6.85. The molecule has 0 saturated heterocycles. The number of fused-ring (bicyclic) bond motifs is 1. The van der Waals surface area contributed by atoms with Gasteiger partial charge in [-0.05, 0) is 42.0 Å². The summed E-state index contributed by atoms with van der Waals surface area (Å²) in [5.41, 5.74) is 2.36. The van der Waals surface area contributed by atoms with Gasteiger partial charge >= 0.3 is 0 Å². The van der Waals surface area contributed by atoms with Gasteiger partial charge in [0.1, 0.15) is 5.75 Å². The van der Waals surface area contributed by atoms with Crippen molar-refractivity contribution in [3.8, 4) is 11.6 Å². The van der Waals surface area contributed by atoms with Crippen LogP contribution in [0.15, 0.2) is 71.8 Å². The maximum Gasteiger partial charge on any atom is 0.256 e. The molecule has 0 amide bonds. The predicted octanol–water partition coefficient (Wildman–Crippen LogP) is 3.47. The van der Waals surface area contributed by atoms with E-state index in [0.29, 0.717) is 24.0 Å². The first-order valence-electron chi connectivity index (χ1n) is 8.40. The van der Waals surface area contributed by atoms with Gasteiger partial charge in [0.25, 0.3) is 10.0 Å². The van der Waals surface area contributed by atoms with E-state index in [2.05, 4.69) is 16.0 Å². The molecule has 2 aromatic rings. The van der Waals surface area contributed by atoms with Gasteiger partial charge in [0, 0.05) is 24.4 Å². The molecule has 1 aromatic heterocycles. The second-order valence-corrected chi connectivity index (χ2v) is 7.80. The van der Waals surface area contributed by atoms with E-state index in [-0.39, 0.29) is 5.75 Å². The van der Waals surface area contributed by atoms with E-state index in [1.807, 2.05) is 59.7 Å². The zero-order valence-corrected chi connectivity index (χ0v) is 15.3. The number of benzene rings is 1. The number of aromatic nitrogens is 1. The molecule has 27 heavy (non-hydrogen) atoms. The van der Waals surface area contributed by atoms with Crippen molar-refractivity contribution in [3.63, 3.8) is 0 Å². The van der Waals surface area contributed by atoms with Crippen LogP contribution < -0.4 is 4.74 Å². The van der Waals surface area contributed by atoms with Gasteiger partial charge in [0.2, 0.25) is 5.88 Å². The molecular formula is C20H17N3O3S. The second-order valence-electron chi connectivity index (χ2n) is 6.05. The highest BCUT2D eigenvalue weighted by molar-refractivity contribution is 7.90. The first-order chi connectivity index (χ1) is 13.0. The van der Waals surface area contributed by atoms with E-state index in [1.165, 1.54) is 0 Å². The molecule has 0 aliphatic carbocycles. The van der Waals surface area contributed by atoms with Crippen LogP contribution >= 0.6 is 0 Å². The highest BCUT2D eigenvalue weighted by Gasteiger charge is 2.27. The molecule has 0 saturated carbocycles. The van der Waals surface area contributed by atoms with Crippen LogP contribution in [-0.4, -0.2) is 36.4 Å². The summed E-state index contributed by atoms with van der Waals surface area (Å²) >= 11 is 0. The average Bonchev–Trinajstić information content (AvgIpc) is 2.68. The third-order valence-electron chi connectivity index (χ3n) is 4.20. The van der Waals surface area contributed by atoms with Gasteiger partial charge in [-0.15, -0.1) is 4.40 Å². The Morgan fingerprint density at radius 2 is 1.96 bits per heavy atom. The number of nitrogens with zero attached hydrogens (tertiary/aromatic N) is 3. The fourth-order valence-electron chi connectivity index (χ4n) is 2.87. The first-order valence-corrected chi connectivity index (χ1v) is 10.0. The van der Waals surface area contributed by atoms with Crippen LogP contribution in [0.3, 0.4) is 0 Å². The topological polar surface area (TPSA) is 71.9 Å². The van der Waals surface area contributed by atoms with Crippen LogP contribution in [0.4, 0.5) is 0 Å². The maximum absolute atomic E-state index is 11.9. The number of pyridine rings is 1. The van der Waals surface area contributed by atoms with Crippen molar-refractivity contribution in [2.24, 2.45) is 4.40 Å². The van der Waals surface area contributed by atoms with E-state index in [0.717, 1.165) is 16.8 Å². The smallest absolute Gasteiger partial charge is 0.256 e. The predicted molar refractivity (Wildman–Crippen MR) is 106 cm³/mol. The van der Waals surface area contributed by atoms with Crippen molar-refractivity contribution in [3.05, 3.63) is 78.7 Å². The van der Waals surface area contributed by atoms with E-state index in [1.54, 1.807) is 12.1 Å². The zero-order valence-electron chi connectivity index (χ0n) is 14.4. The van der Waals surface area contributed by atoms with Crippen molar-refractivity contribution in [1.82, 2.24) is 9.88 Å². The molecule has 7 heteroatoms. The Morgan fingerprint density at radius 1 is 1.15 bits per heavy atom. The molecule has 0 radical (unpaired) electrons. The Kier molecular flexibility index (Phi) is 4.37. The number of allylic oxidation sites excluding steroid dienone is 2. The summed E-state index contributed by atoms with van der Waals surface area (Å²) in [6, 6.07) is 12.9. The number of sulfonamides is 1. The van der Waals surface area contributed by atoms with E-state index < -0.39 is 10.0 Å². The molecular weight excluding hydrogens is 362 g/mol. The van der Waals surface area contributed by atoms with Gasteiger partial charge in [-0.3, -0.25) is 0 Å². The van der Waals surface area contributed by atoms with Gasteiger partial charge in [-0.25, -0.2) is 13.4 Å². The first kappa shape index (κ1) is 17.2. The fraction of sp³-hybridized carbons (Fsp3) is 0.100. The maximum atomic E-state index is 11.9. The van der Waals surface area contributed by atoms with Gasteiger partial charge in [0.15, 0.2) is 5.84 Å². The molecule has 3 heterocycles. The molecule has 0 atom stereocenters. The molecule has 0 unspecified atom stereocenters. The molecule has 0 spiro atoms. The number of amidine groups is 1. The Labute approximate surface area is 157 Å². The number of rotatable bonds is 4. The van der Waals surface area contributed by atoms with Crippen molar-refractivity contribution >= 4 is 27.5 Å². The Bertz CT molecular complexity index is 1080. The average molecular weight is 379 g/mol. The standard InChI is InChI=1S/C20H17N3O3S/c1-2-16-5-3-7-19(21-16)26-17-10-8-15(9-11-17)18-6-4-12-23-13-14-27(24,25)22-20(18)23/h2-12H,1,13-14H2. The number of ether oxygens (including phenoxy) is 1. The molecule has 0 N–H and O–H groups in total. The number of hydrogen-bond donors (Lipinski definition) is 0. The van der Waals surface area contributed by atoms with Crippen molar-refractivity contribution in [1.29, 1.82) is 0 Å². The molecule has 2 aliphatic heterocycles. The molecule has 136 valence electrons. The molecule has 1 aromatic carbocycles. The summed E-state index contributed by atoms with van der Waals surface area (Å²) in [4.78, 5) is 6.17. The highest BCUT2D eigenvalue weighted by Crippen LogP contribution is 2.28. The highest BCUT2D eigenvalue weighted by atomic mass is 32.2. The normalized spacial score (nSPS) is 17.6.